The van der Waals surface area contributed by atoms with E-state index in [0.717, 1.165) is 5.69 Å². The molecule has 1 unspecified atom stereocenters. The lowest BCUT2D eigenvalue weighted by molar-refractivity contribution is 0.485. The molecule has 0 saturated carbocycles. The van der Waals surface area contributed by atoms with Gasteiger partial charge in [-0.2, -0.15) is 0 Å². The Morgan fingerprint density at radius 2 is 1.67 bits per heavy atom. The summed E-state index contributed by atoms with van der Waals surface area (Å²) in [6.45, 7) is 6.50. The summed E-state index contributed by atoms with van der Waals surface area (Å²) in [6.07, 6.45) is 1.84. The van der Waals surface area contributed by atoms with Crippen molar-refractivity contribution in [2.24, 2.45) is 0 Å². The first-order valence-corrected chi connectivity index (χ1v) is 6.41. The number of hydrogen-bond acceptors (Lipinski definition) is 2. The molecule has 0 aliphatic heterocycles. The van der Waals surface area contributed by atoms with Crippen LogP contribution in [0.15, 0.2) is 48.7 Å². The summed E-state index contributed by atoms with van der Waals surface area (Å²) in [7, 11) is 0. The normalized spacial score (nSPS) is 14.2. The molecule has 2 heteroatoms. The Hall–Kier alpha value is -1.67. The van der Waals surface area contributed by atoms with E-state index < -0.39 is 0 Å². The zero-order chi connectivity index (χ0) is 13.0. The number of rotatable bonds is 4. The molecule has 2 aromatic rings. The fourth-order valence-corrected chi connectivity index (χ4v) is 2.25. The van der Waals surface area contributed by atoms with Gasteiger partial charge in [0, 0.05) is 18.3 Å². The lowest BCUT2D eigenvalue weighted by atomic mass is 10.0. The molecule has 0 amide bonds. The van der Waals surface area contributed by atoms with Crippen LogP contribution in [0.25, 0.3) is 0 Å². The van der Waals surface area contributed by atoms with Crippen LogP contribution in [0.1, 0.15) is 42.8 Å². The van der Waals surface area contributed by atoms with Gasteiger partial charge in [0.25, 0.3) is 0 Å². The second-order valence-electron chi connectivity index (χ2n) is 4.72. The van der Waals surface area contributed by atoms with Gasteiger partial charge in [0.15, 0.2) is 0 Å². The molecule has 0 aliphatic rings. The minimum Gasteiger partial charge on any atom is -0.302 e. The summed E-state index contributed by atoms with van der Waals surface area (Å²) >= 11 is 0. The summed E-state index contributed by atoms with van der Waals surface area (Å²) in [6, 6.07) is 15.1. The molecular weight excluding hydrogens is 220 g/mol. The lowest BCUT2D eigenvalue weighted by Crippen LogP contribution is -2.23. The maximum atomic E-state index is 4.39. The van der Waals surface area contributed by atoms with Crippen LogP contribution in [-0.2, 0) is 0 Å². The van der Waals surface area contributed by atoms with Crippen molar-refractivity contribution >= 4 is 0 Å². The van der Waals surface area contributed by atoms with Crippen LogP contribution >= 0.6 is 0 Å². The van der Waals surface area contributed by atoms with E-state index in [4.69, 9.17) is 0 Å². The average molecular weight is 240 g/mol. The monoisotopic (exact) mass is 240 g/mol. The van der Waals surface area contributed by atoms with Crippen LogP contribution in [-0.4, -0.2) is 4.98 Å². The molecule has 0 saturated heterocycles. The third-order valence-corrected chi connectivity index (χ3v) is 3.29. The SMILES string of the molecule is Cc1ccccc1[C@@H](C)NC(C)c1ccccn1. The van der Waals surface area contributed by atoms with Crippen LogP contribution in [0.5, 0.6) is 0 Å². The molecule has 2 nitrogen and oxygen atoms in total. The Morgan fingerprint density at radius 1 is 0.944 bits per heavy atom. The largest absolute Gasteiger partial charge is 0.302 e. The van der Waals surface area contributed by atoms with Crippen molar-refractivity contribution in [1.29, 1.82) is 0 Å². The van der Waals surface area contributed by atoms with E-state index in [-0.39, 0.29) is 6.04 Å². The second kappa shape index (κ2) is 5.78. The first-order valence-electron chi connectivity index (χ1n) is 6.41. The zero-order valence-corrected chi connectivity index (χ0v) is 11.2. The smallest absolute Gasteiger partial charge is 0.0570 e. The fraction of sp³-hybridized carbons (Fsp3) is 0.312. The topological polar surface area (TPSA) is 24.9 Å². The standard InChI is InChI=1S/C16H20N2/c1-12-8-4-5-9-15(12)13(2)18-14(3)16-10-6-7-11-17-16/h4-11,13-14,18H,1-3H3/t13-,14?/m1/s1. The number of nitrogens with zero attached hydrogens (tertiary/aromatic N) is 1. The van der Waals surface area contributed by atoms with Crippen LogP contribution in [0.2, 0.25) is 0 Å². The summed E-state index contributed by atoms with van der Waals surface area (Å²) in [4.78, 5) is 4.39. The highest BCUT2D eigenvalue weighted by molar-refractivity contribution is 5.28. The van der Waals surface area contributed by atoms with Crippen molar-refractivity contribution < 1.29 is 0 Å². The molecule has 0 fully saturated rings. The van der Waals surface area contributed by atoms with Crippen molar-refractivity contribution in [3.05, 3.63) is 65.5 Å². The molecule has 94 valence electrons. The van der Waals surface area contributed by atoms with E-state index in [1.165, 1.54) is 11.1 Å². The highest BCUT2D eigenvalue weighted by atomic mass is 15.0. The number of nitrogens with one attached hydrogen (secondary N) is 1. The number of aryl methyl sites for hydroxylation is 1. The Labute approximate surface area is 109 Å². The molecule has 0 spiro atoms. The van der Waals surface area contributed by atoms with E-state index in [1.54, 1.807) is 0 Å². The van der Waals surface area contributed by atoms with E-state index in [0.29, 0.717) is 6.04 Å². The predicted molar refractivity (Wildman–Crippen MR) is 75.4 cm³/mol. The molecule has 0 aliphatic carbocycles. The molecule has 1 heterocycles. The summed E-state index contributed by atoms with van der Waals surface area (Å²) in [5.74, 6) is 0. The first kappa shape index (κ1) is 12.8. The van der Waals surface area contributed by atoms with Crippen molar-refractivity contribution in [2.45, 2.75) is 32.9 Å². The average Bonchev–Trinajstić information content (AvgIpc) is 2.40. The number of pyridine rings is 1. The summed E-state index contributed by atoms with van der Waals surface area (Å²) in [5, 5.41) is 3.59. The van der Waals surface area contributed by atoms with Gasteiger partial charge < -0.3 is 5.32 Å². The van der Waals surface area contributed by atoms with Crippen molar-refractivity contribution in [3.8, 4) is 0 Å². The van der Waals surface area contributed by atoms with Gasteiger partial charge in [-0.1, -0.05) is 30.3 Å². The molecule has 2 rings (SSSR count). The maximum absolute atomic E-state index is 4.39. The molecule has 1 aromatic heterocycles. The Bertz CT molecular complexity index is 493. The highest BCUT2D eigenvalue weighted by Gasteiger charge is 2.12. The number of benzene rings is 1. The number of aromatic nitrogens is 1. The highest BCUT2D eigenvalue weighted by Crippen LogP contribution is 2.20. The summed E-state index contributed by atoms with van der Waals surface area (Å²) in [5.41, 5.74) is 3.75. The van der Waals surface area contributed by atoms with Gasteiger partial charge in [-0.25, -0.2) is 0 Å². The van der Waals surface area contributed by atoms with Gasteiger partial charge in [0.1, 0.15) is 0 Å². The van der Waals surface area contributed by atoms with Gasteiger partial charge in [0.05, 0.1) is 5.69 Å². The number of hydrogen-bond donors (Lipinski definition) is 1. The van der Waals surface area contributed by atoms with Crippen LogP contribution in [0.4, 0.5) is 0 Å². The third-order valence-electron chi connectivity index (χ3n) is 3.29. The second-order valence-corrected chi connectivity index (χ2v) is 4.72. The molecule has 0 radical (unpaired) electrons. The third kappa shape index (κ3) is 2.96. The van der Waals surface area contributed by atoms with Gasteiger partial charge >= 0.3 is 0 Å². The molecule has 1 aromatic carbocycles. The minimum absolute atomic E-state index is 0.251. The van der Waals surface area contributed by atoms with E-state index >= 15 is 0 Å². The maximum Gasteiger partial charge on any atom is 0.0570 e. The Morgan fingerprint density at radius 3 is 2.33 bits per heavy atom. The molecule has 0 bridgehead atoms. The predicted octanol–water partition coefficient (Wildman–Crippen LogP) is 3.80. The quantitative estimate of drug-likeness (QED) is 0.879. The van der Waals surface area contributed by atoms with Crippen LogP contribution in [0.3, 0.4) is 0 Å². The van der Waals surface area contributed by atoms with Crippen LogP contribution in [0, 0.1) is 6.92 Å². The zero-order valence-electron chi connectivity index (χ0n) is 11.2. The fourth-order valence-electron chi connectivity index (χ4n) is 2.25. The van der Waals surface area contributed by atoms with Crippen LogP contribution < -0.4 is 5.32 Å². The Kier molecular flexibility index (Phi) is 4.11. The van der Waals surface area contributed by atoms with Crippen molar-refractivity contribution in [3.63, 3.8) is 0 Å². The van der Waals surface area contributed by atoms with Gasteiger partial charge in [-0.3, -0.25) is 4.98 Å². The molecule has 1 N–H and O–H groups in total. The summed E-state index contributed by atoms with van der Waals surface area (Å²) < 4.78 is 0. The van der Waals surface area contributed by atoms with Crippen molar-refractivity contribution in [2.75, 3.05) is 0 Å². The Balaban J connectivity index is 2.08. The minimum atomic E-state index is 0.251. The lowest BCUT2D eigenvalue weighted by Gasteiger charge is -2.21. The molecule has 18 heavy (non-hydrogen) atoms. The van der Waals surface area contributed by atoms with E-state index in [2.05, 4.69) is 61.4 Å². The first-order chi connectivity index (χ1) is 8.68. The van der Waals surface area contributed by atoms with E-state index in [9.17, 15) is 0 Å². The van der Waals surface area contributed by atoms with Crippen molar-refractivity contribution in [1.82, 2.24) is 10.3 Å². The van der Waals surface area contributed by atoms with Gasteiger partial charge in [-0.15, -0.1) is 0 Å². The molecular formula is C16H20N2. The molecule has 2 atom stereocenters. The van der Waals surface area contributed by atoms with Gasteiger partial charge in [0.2, 0.25) is 0 Å². The van der Waals surface area contributed by atoms with E-state index in [1.807, 2.05) is 18.3 Å². The van der Waals surface area contributed by atoms with Gasteiger partial charge in [-0.05, 0) is 44.0 Å².